The second-order valence-corrected chi connectivity index (χ2v) is 9.44. The summed E-state index contributed by atoms with van der Waals surface area (Å²) < 4.78 is 24.8. The monoisotopic (exact) mass is 513 g/mol. The van der Waals surface area contributed by atoms with E-state index >= 15 is 0 Å². The Balaban J connectivity index is 1.43. The van der Waals surface area contributed by atoms with Crippen LogP contribution in [0.5, 0.6) is 11.5 Å². The van der Waals surface area contributed by atoms with E-state index in [-0.39, 0.29) is 23.7 Å². The molecule has 1 N–H and O–H groups in total. The van der Waals surface area contributed by atoms with Gasteiger partial charge in [-0.25, -0.2) is 4.39 Å². The zero-order chi connectivity index (χ0) is 25.8. The summed E-state index contributed by atoms with van der Waals surface area (Å²) in [7, 11) is 1.57. The van der Waals surface area contributed by atoms with Crippen LogP contribution in [0.2, 0.25) is 0 Å². The minimum absolute atomic E-state index is 0.132. The second kappa shape index (κ2) is 11.0. The molecular weight excluding hydrogens is 485 g/mol. The smallest absolute Gasteiger partial charge is 0.264 e. The zero-order valence-corrected chi connectivity index (χ0v) is 21.3. The van der Waals surface area contributed by atoms with E-state index in [9.17, 15) is 9.50 Å². The number of halogens is 1. The third kappa shape index (κ3) is 5.44. The second-order valence-electron chi connectivity index (χ2n) is 9.09. The SMILES string of the molecule is COc1ccc([C@@H]2[C@@H](CCCc3ccc(F)cc3)OC(=S)N2c2ccc(-c3ccccc3)cc2)c(O)c1. The van der Waals surface area contributed by atoms with Gasteiger partial charge in [-0.3, -0.25) is 4.90 Å². The van der Waals surface area contributed by atoms with Gasteiger partial charge in [-0.1, -0.05) is 54.6 Å². The van der Waals surface area contributed by atoms with Crippen LogP contribution < -0.4 is 9.64 Å². The normalized spacial score (nSPS) is 17.0. The van der Waals surface area contributed by atoms with Crippen LogP contribution in [0.4, 0.5) is 10.1 Å². The molecule has 0 bridgehead atoms. The molecule has 0 amide bonds. The first kappa shape index (κ1) is 24.8. The van der Waals surface area contributed by atoms with E-state index in [4.69, 9.17) is 21.7 Å². The molecular formula is C31H28FNO3S. The lowest BCUT2D eigenvalue weighted by Crippen LogP contribution is -2.29. The third-order valence-electron chi connectivity index (χ3n) is 6.76. The van der Waals surface area contributed by atoms with Gasteiger partial charge in [0.15, 0.2) is 0 Å². The van der Waals surface area contributed by atoms with Crippen LogP contribution in [0.25, 0.3) is 11.1 Å². The fraction of sp³-hybridized carbons (Fsp3) is 0.194. The Hall–Kier alpha value is -3.90. The van der Waals surface area contributed by atoms with Crippen molar-refractivity contribution in [1.29, 1.82) is 0 Å². The third-order valence-corrected chi connectivity index (χ3v) is 7.05. The summed E-state index contributed by atoms with van der Waals surface area (Å²) in [6, 6.07) is 30.0. The Labute approximate surface area is 221 Å². The molecule has 4 aromatic carbocycles. The van der Waals surface area contributed by atoms with Gasteiger partial charge in [0.1, 0.15) is 29.5 Å². The van der Waals surface area contributed by atoms with Crippen LogP contribution >= 0.6 is 12.2 Å². The van der Waals surface area contributed by atoms with Gasteiger partial charge in [0, 0.05) is 17.3 Å². The molecule has 37 heavy (non-hydrogen) atoms. The molecule has 6 heteroatoms. The summed E-state index contributed by atoms with van der Waals surface area (Å²) in [6.07, 6.45) is 2.07. The molecule has 0 saturated carbocycles. The Bertz CT molecular complexity index is 1360. The standard InChI is InChI=1S/C31H28FNO3S/c1-35-26-18-19-27(28(34)20-26)30-29(9-5-6-21-10-14-24(32)15-11-21)36-31(37)33(30)25-16-12-23(13-17-25)22-7-3-2-4-8-22/h2-4,7-8,10-20,29-30,34H,5-6,9H2,1H3/t29-,30-/m1/s1. The molecule has 0 aromatic heterocycles. The molecule has 0 radical (unpaired) electrons. The van der Waals surface area contributed by atoms with Crippen LogP contribution in [-0.4, -0.2) is 23.5 Å². The van der Waals surface area contributed by atoms with Crippen LogP contribution in [0, 0.1) is 5.82 Å². The highest BCUT2D eigenvalue weighted by atomic mass is 32.1. The van der Waals surface area contributed by atoms with Crippen molar-refractivity contribution in [3.63, 3.8) is 0 Å². The van der Waals surface area contributed by atoms with Crippen LogP contribution in [0.15, 0.2) is 97.1 Å². The summed E-state index contributed by atoms with van der Waals surface area (Å²) in [5.74, 6) is 0.471. The molecule has 1 heterocycles. The molecule has 1 aliphatic rings. The van der Waals surface area contributed by atoms with Crippen molar-refractivity contribution < 1.29 is 19.0 Å². The molecule has 1 fully saturated rings. The minimum atomic E-state index is -0.311. The maximum absolute atomic E-state index is 13.3. The van der Waals surface area contributed by atoms with E-state index in [0.29, 0.717) is 17.3 Å². The van der Waals surface area contributed by atoms with E-state index in [2.05, 4.69) is 24.3 Å². The number of ether oxygens (including phenoxy) is 2. The number of hydrogen-bond acceptors (Lipinski definition) is 4. The number of nitrogens with zero attached hydrogens (tertiary/aromatic N) is 1. The number of phenolic OH excluding ortho intramolecular Hbond substituents is 1. The first-order valence-corrected chi connectivity index (χ1v) is 12.7. The molecule has 2 atom stereocenters. The Morgan fingerprint density at radius 1 is 0.919 bits per heavy atom. The highest BCUT2D eigenvalue weighted by Gasteiger charge is 2.42. The molecule has 0 unspecified atom stereocenters. The average molecular weight is 514 g/mol. The summed E-state index contributed by atoms with van der Waals surface area (Å²) in [5.41, 5.74) is 4.93. The number of aromatic hydroxyl groups is 1. The number of aryl methyl sites for hydroxylation is 1. The number of phenols is 1. The first-order valence-electron chi connectivity index (χ1n) is 12.3. The van der Waals surface area contributed by atoms with Gasteiger partial charge in [0.05, 0.1) is 7.11 Å². The fourth-order valence-electron chi connectivity index (χ4n) is 4.86. The summed E-state index contributed by atoms with van der Waals surface area (Å²) in [4.78, 5) is 1.98. The van der Waals surface area contributed by atoms with Crippen molar-refractivity contribution in [3.8, 4) is 22.6 Å². The average Bonchev–Trinajstić information content (AvgIpc) is 3.25. The maximum atomic E-state index is 13.3. The van der Waals surface area contributed by atoms with Gasteiger partial charge < -0.3 is 14.6 Å². The zero-order valence-electron chi connectivity index (χ0n) is 20.5. The fourth-order valence-corrected chi connectivity index (χ4v) is 5.20. The Kier molecular flexibility index (Phi) is 7.37. The van der Waals surface area contributed by atoms with Crippen molar-refractivity contribution in [2.24, 2.45) is 0 Å². The first-order chi connectivity index (χ1) is 18.0. The van der Waals surface area contributed by atoms with Crippen LogP contribution in [-0.2, 0) is 11.2 Å². The number of benzene rings is 4. The Morgan fingerprint density at radius 3 is 2.30 bits per heavy atom. The van der Waals surface area contributed by atoms with E-state index < -0.39 is 0 Å². The van der Waals surface area contributed by atoms with Crippen molar-refractivity contribution in [2.45, 2.75) is 31.4 Å². The molecule has 1 saturated heterocycles. The van der Waals surface area contributed by atoms with Crippen LogP contribution in [0.3, 0.4) is 0 Å². The number of thiocarbonyl (C=S) groups is 1. The number of methoxy groups -OCH3 is 1. The maximum Gasteiger partial charge on any atom is 0.264 e. The van der Waals surface area contributed by atoms with Crippen molar-refractivity contribution in [2.75, 3.05) is 12.0 Å². The highest BCUT2D eigenvalue weighted by molar-refractivity contribution is 7.80. The number of hydrogen-bond donors (Lipinski definition) is 1. The molecule has 188 valence electrons. The predicted molar refractivity (Wildman–Crippen MR) is 149 cm³/mol. The van der Waals surface area contributed by atoms with Crippen molar-refractivity contribution in [3.05, 3.63) is 114 Å². The van der Waals surface area contributed by atoms with Crippen molar-refractivity contribution in [1.82, 2.24) is 0 Å². The molecule has 0 spiro atoms. The molecule has 4 aromatic rings. The summed E-state index contributed by atoms with van der Waals surface area (Å²) in [6.45, 7) is 0. The van der Waals surface area contributed by atoms with E-state index in [1.54, 1.807) is 13.2 Å². The highest BCUT2D eigenvalue weighted by Crippen LogP contribution is 2.43. The lowest BCUT2D eigenvalue weighted by molar-refractivity contribution is 0.190. The van der Waals surface area contributed by atoms with Gasteiger partial charge in [-0.05, 0) is 84.6 Å². The van der Waals surface area contributed by atoms with Gasteiger partial charge in [0.25, 0.3) is 5.17 Å². The number of rotatable bonds is 8. The molecule has 4 nitrogen and oxygen atoms in total. The lowest BCUT2D eigenvalue weighted by atomic mass is 9.94. The van der Waals surface area contributed by atoms with Gasteiger partial charge in [-0.15, -0.1) is 0 Å². The predicted octanol–water partition coefficient (Wildman–Crippen LogP) is 7.46. The van der Waals surface area contributed by atoms with Gasteiger partial charge >= 0.3 is 0 Å². The van der Waals surface area contributed by atoms with E-state index in [1.807, 2.05) is 59.5 Å². The quantitative estimate of drug-likeness (QED) is 0.248. The summed E-state index contributed by atoms with van der Waals surface area (Å²) >= 11 is 5.71. The molecule has 5 rings (SSSR count). The molecule has 1 aliphatic heterocycles. The topological polar surface area (TPSA) is 41.9 Å². The van der Waals surface area contributed by atoms with Crippen LogP contribution in [0.1, 0.15) is 30.0 Å². The van der Waals surface area contributed by atoms with E-state index in [0.717, 1.165) is 40.8 Å². The minimum Gasteiger partial charge on any atom is -0.507 e. The van der Waals surface area contributed by atoms with E-state index in [1.165, 1.54) is 12.1 Å². The summed E-state index contributed by atoms with van der Waals surface area (Å²) in [5, 5.41) is 11.3. The Morgan fingerprint density at radius 2 is 1.62 bits per heavy atom. The van der Waals surface area contributed by atoms with Gasteiger partial charge in [-0.2, -0.15) is 0 Å². The van der Waals surface area contributed by atoms with Crippen molar-refractivity contribution >= 4 is 23.1 Å². The largest absolute Gasteiger partial charge is 0.507 e. The number of anilines is 1. The lowest BCUT2D eigenvalue weighted by Gasteiger charge is -2.27. The molecule has 0 aliphatic carbocycles. The van der Waals surface area contributed by atoms with Gasteiger partial charge in [0.2, 0.25) is 0 Å².